The van der Waals surface area contributed by atoms with E-state index in [1.54, 1.807) is 0 Å². The maximum absolute atomic E-state index is 11.9. The third-order valence-corrected chi connectivity index (χ3v) is 3.47. The van der Waals surface area contributed by atoms with Crippen LogP contribution in [0.2, 0.25) is 0 Å². The SMILES string of the molecule is CCC(N)Cc1ccc(NC(=O)C2CCCO2)cc1. The molecule has 104 valence electrons. The number of hydrogen-bond donors (Lipinski definition) is 2. The molecule has 2 unspecified atom stereocenters. The average molecular weight is 262 g/mol. The van der Waals surface area contributed by atoms with Gasteiger partial charge in [0.05, 0.1) is 0 Å². The van der Waals surface area contributed by atoms with E-state index in [0.29, 0.717) is 6.61 Å². The standard InChI is InChI=1S/C15H22N2O2/c1-2-12(16)10-11-5-7-13(8-6-11)17-15(18)14-4-3-9-19-14/h5-8,12,14H,2-4,9-10,16H2,1H3,(H,17,18). The Morgan fingerprint density at radius 3 is 2.79 bits per heavy atom. The number of nitrogens with one attached hydrogen (secondary N) is 1. The number of amides is 1. The number of anilines is 1. The normalized spacial score (nSPS) is 20.2. The summed E-state index contributed by atoms with van der Waals surface area (Å²) in [6.45, 7) is 2.77. The largest absolute Gasteiger partial charge is 0.368 e. The van der Waals surface area contributed by atoms with Gasteiger partial charge in [-0.3, -0.25) is 4.79 Å². The first-order valence-corrected chi connectivity index (χ1v) is 6.96. The summed E-state index contributed by atoms with van der Waals surface area (Å²) >= 11 is 0. The first kappa shape index (κ1) is 14.0. The van der Waals surface area contributed by atoms with E-state index >= 15 is 0 Å². The minimum absolute atomic E-state index is 0.0458. The third-order valence-electron chi connectivity index (χ3n) is 3.47. The van der Waals surface area contributed by atoms with E-state index in [0.717, 1.165) is 31.4 Å². The van der Waals surface area contributed by atoms with Crippen LogP contribution in [0.1, 0.15) is 31.7 Å². The van der Waals surface area contributed by atoms with E-state index in [2.05, 4.69) is 12.2 Å². The van der Waals surface area contributed by atoms with Crippen LogP contribution in [0, 0.1) is 0 Å². The molecule has 0 aliphatic carbocycles. The first-order chi connectivity index (χ1) is 9.19. The van der Waals surface area contributed by atoms with Gasteiger partial charge in [0, 0.05) is 18.3 Å². The molecule has 4 nitrogen and oxygen atoms in total. The average Bonchev–Trinajstić information content (AvgIpc) is 2.95. The fourth-order valence-electron chi connectivity index (χ4n) is 2.18. The molecule has 0 saturated carbocycles. The molecule has 3 N–H and O–H groups in total. The summed E-state index contributed by atoms with van der Waals surface area (Å²) in [4.78, 5) is 11.9. The Balaban J connectivity index is 1.89. The van der Waals surface area contributed by atoms with Crippen molar-refractivity contribution in [3.63, 3.8) is 0 Å². The quantitative estimate of drug-likeness (QED) is 0.854. The van der Waals surface area contributed by atoms with Gasteiger partial charge in [0.2, 0.25) is 0 Å². The van der Waals surface area contributed by atoms with Gasteiger partial charge >= 0.3 is 0 Å². The smallest absolute Gasteiger partial charge is 0.253 e. The molecule has 19 heavy (non-hydrogen) atoms. The van der Waals surface area contributed by atoms with Crippen LogP contribution < -0.4 is 11.1 Å². The topological polar surface area (TPSA) is 64.3 Å². The second-order valence-corrected chi connectivity index (χ2v) is 5.06. The molecule has 1 aliphatic rings. The molecule has 2 atom stereocenters. The summed E-state index contributed by atoms with van der Waals surface area (Å²) in [6.07, 6.45) is 3.34. The minimum Gasteiger partial charge on any atom is -0.368 e. The molecule has 1 aromatic carbocycles. The summed E-state index contributed by atoms with van der Waals surface area (Å²) in [5, 5.41) is 2.88. The van der Waals surface area contributed by atoms with E-state index in [1.165, 1.54) is 5.56 Å². The summed E-state index contributed by atoms with van der Waals surface area (Å²) < 4.78 is 5.35. The Bertz CT molecular complexity index is 411. The molecular formula is C15H22N2O2. The zero-order valence-corrected chi connectivity index (χ0v) is 11.4. The molecule has 4 heteroatoms. The molecule has 0 bridgehead atoms. The van der Waals surface area contributed by atoms with Gasteiger partial charge in [0.1, 0.15) is 6.10 Å². The van der Waals surface area contributed by atoms with Crippen molar-refractivity contribution in [1.29, 1.82) is 0 Å². The minimum atomic E-state index is -0.284. The lowest BCUT2D eigenvalue weighted by molar-refractivity contribution is -0.124. The van der Waals surface area contributed by atoms with E-state index in [-0.39, 0.29) is 18.1 Å². The van der Waals surface area contributed by atoms with Crippen LogP contribution >= 0.6 is 0 Å². The highest BCUT2D eigenvalue weighted by Gasteiger charge is 2.23. The van der Waals surface area contributed by atoms with Gasteiger partial charge in [-0.15, -0.1) is 0 Å². The summed E-state index contributed by atoms with van der Waals surface area (Å²) in [5.74, 6) is -0.0458. The Hall–Kier alpha value is -1.39. The van der Waals surface area contributed by atoms with Gasteiger partial charge in [0.25, 0.3) is 5.91 Å². The van der Waals surface area contributed by atoms with Crippen molar-refractivity contribution in [2.45, 2.75) is 44.8 Å². The molecule has 1 aromatic rings. The Morgan fingerprint density at radius 2 is 2.21 bits per heavy atom. The van der Waals surface area contributed by atoms with Gasteiger partial charge in [-0.05, 0) is 43.4 Å². The van der Waals surface area contributed by atoms with Gasteiger partial charge in [0.15, 0.2) is 0 Å². The number of carbonyl (C=O) groups is 1. The maximum atomic E-state index is 11.9. The van der Waals surface area contributed by atoms with E-state index < -0.39 is 0 Å². The van der Waals surface area contributed by atoms with Crippen molar-refractivity contribution in [1.82, 2.24) is 0 Å². The molecule has 0 radical (unpaired) electrons. The molecule has 1 heterocycles. The lowest BCUT2D eigenvalue weighted by Gasteiger charge is -2.12. The molecule has 1 fully saturated rings. The zero-order chi connectivity index (χ0) is 13.7. The van der Waals surface area contributed by atoms with Gasteiger partial charge in [-0.25, -0.2) is 0 Å². The summed E-state index contributed by atoms with van der Waals surface area (Å²) in [6, 6.07) is 8.07. The highest BCUT2D eigenvalue weighted by Crippen LogP contribution is 2.16. The number of nitrogens with two attached hydrogens (primary N) is 1. The summed E-state index contributed by atoms with van der Waals surface area (Å²) in [5.41, 5.74) is 7.93. The van der Waals surface area contributed by atoms with Gasteiger partial charge < -0.3 is 15.8 Å². The fraction of sp³-hybridized carbons (Fsp3) is 0.533. The van der Waals surface area contributed by atoms with E-state index in [1.807, 2.05) is 24.3 Å². The van der Waals surface area contributed by atoms with Crippen molar-refractivity contribution in [2.75, 3.05) is 11.9 Å². The van der Waals surface area contributed by atoms with Crippen LogP contribution in [0.4, 0.5) is 5.69 Å². The first-order valence-electron chi connectivity index (χ1n) is 6.96. The number of ether oxygens (including phenoxy) is 1. The van der Waals surface area contributed by atoms with Crippen LogP contribution in [0.5, 0.6) is 0 Å². The lowest BCUT2D eigenvalue weighted by atomic mass is 10.0. The van der Waals surface area contributed by atoms with Crippen LogP contribution in [0.3, 0.4) is 0 Å². The third kappa shape index (κ3) is 4.04. The van der Waals surface area contributed by atoms with E-state index in [4.69, 9.17) is 10.5 Å². The number of hydrogen-bond acceptors (Lipinski definition) is 3. The number of rotatable bonds is 5. The van der Waals surface area contributed by atoms with Crippen molar-refractivity contribution < 1.29 is 9.53 Å². The Morgan fingerprint density at radius 1 is 1.47 bits per heavy atom. The van der Waals surface area contributed by atoms with Crippen LogP contribution in [0.15, 0.2) is 24.3 Å². The van der Waals surface area contributed by atoms with Crippen LogP contribution in [-0.2, 0) is 16.0 Å². The van der Waals surface area contributed by atoms with Crippen molar-refractivity contribution >= 4 is 11.6 Å². The molecular weight excluding hydrogens is 240 g/mol. The summed E-state index contributed by atoms with van der Waals surface area (Å²) in [7, 11) is 0. The lowest BCUT2D eigenvalue weighted by Crippen LogP contribution is -2.26. The number of carbonyl (C=O) groups excluding carboxylic acids is 1. The second-order valence-electron chi connectivity index (χ2n) is 5.06. The maximum Gasteiger partial charge on any atom is 0.253 e. The van der Waals surface area contributed by atoms with Crippen molar-refractivity contribution in [2.24, 2.45) is 5.73 Å². The number of benzene rings is 1. The highest BCUT2D eigenvalue weighted by atomic mass is 16.5. The predicted molar refractivity (Wildman–Crippen MR) is 76.0 cm³/mol. The van der Waals surface area contributed by atoms with Crippen molar-refractivity contribution in [3.05, 3.63) is 29.8 Å². The fourth-order valence-corrected chi connectivity index (χ4v) is 2.18. The monoisotopic (exact) mass is 262 g/mol. The molecule has 0 spiro atoms. The molecule has 0 aromatic heterocycles. The molecule has 1 aliphatic heterocycles. The van der Waals surface area contributed by atoms with Crippen LogP contribution in [-0.4, -0.2) is 24.7 Å². The van der Waals surface area contributed by atoms with E-state index in [9.17, 15) is 4.79 Å². The van der Waals surface area contributed by atoms with Gasteiger partial charge in [-0.1, -0.05) is 19.1 Å². The molecule has 2 rings (SSSR count). The van der Waals surface area contributed by atoms with Crippen LogP contribution in [0.25, 0.3) is 0 Å². The molecule has 1 saturated heterocycles. The van der Waals surface area contributed by atoms with Crippen molar-refractivity contribution in [3.8, 4) is 0 Å². The Labute approximate surface area is 114 Å². The zero-order valence-electron chi connectivity index (χ0n) is 11.4. The Kier molecular flexibility index (Phi) is 4.93. The second kappa shape index (κ2) is 6.68. The molecule has 1 amide bonds. The predicted octanol–water partition coefficient (Wildman–Crippen LogP) is 2.08. The van der Waals surface area contributed by atoms with Gasteiger partial charge in [-0.2, -0.15) is 0 Å². The highest BCUT2D eigenvalue weighted by molar-refractivity contribution is 5.94.